The molecule has 3 rings (SSSR count). The molecule has 1 aromatic heterocycles. The van der Waals surface area contributed by atoms with Gasteiger partial charge >= 0.3 is 0 Å². The molecule has 0 bridgehead atoms. The standard InChI is InChI=1S/C12H12N2O/c1-2-6-12-10(4-1)14-11(8-15-12)9-5-3-7-13-9/h1-7,11,13-14H,8H2. The van der Waals surface area contributed by atoms with Gasteiger partial charge < -0.3 is 15.0 Å². The number of para-hydroxylation sites is 2. The molecule has 0 aliphatic carbocycles. The van der Waals surface area contributed by atoms with Crippen molar-refractivity contribution >= 4 is 5.69 Å². The average molecular weight is 200 g/mol. The van der Waals surface area contributed by atoms with Gasteiger partial charge in [-0.15, -0.1) is 0 Å². The lowest BCUT2D eigenvalue weighted by atomic mass is 10.1. The van der Waals surface area contributed by atoms with Crippen LogP contribution in [-0.4, -0.2) is 11.6 Å². The van der Waals surface area contributed by atoms with Crippen LogP contribution in [-0.2, 0) is 0 Å². The minimum atomic E-state index is 0.217. The van der Waals surface area contributed by atoms with E-state index in [9.17, 15) is 0 Å². The van der Waals surface area contributed by atoms with Crippen LogP contribution in [0.5, 0.6) is 5.75 Å². The summed E-state index contributed by atoms with van der Waals surface area (Å²) < 4.78 is 5.68. The van der Waals surface area contributed by atoms with Crippen molar-refractivity contribution in [1.29, 1.82) is 0 Å². The van der Waals surface area contributed by atoms with Crippen LogP contribution >= 0.6 is 0 Å². The normalized spacial score (nSPS) is 18.8. The summed E-state index contributed by atoms with van der Waals surface area (Å²) in [6.45, 7) is 0.664. The van der Waals surface area contributed by atoms with Crippen molar-refractivity contribution < 1.29 is 4.74 Å². The molecule has 1 aliphatic heterocycles. The number of nitrogens with one attached hydrogen (secondary N) is 2. The van der Waals surface area contributed by atoms with Crippen LogP contribution in [0.25, 0.3) is 0 Å². The number of fused-ring (bicyclic) bond motifs is 1. The first kappa shape index (κ1) is 8.41. The molecule has 1 unspecified atom stereocenters. The molecule has 0 fully saturated rings. The van der Waals surface area contributed by atoms with Crippen LogP contribution in [0.1, 0.15) is 11.7 Å². The maximum Gasteiger partial charge on any atom is 0.142 e. The molecule has 0 saturated carbocycles. The molecule has 1 atom stereocenters. The second kappa shape index (κ2) is 3.35. The first-order chi connectivity index (χ1) is 7.43. The molecule has 2 heterocycles. The van der Waals surface area contributed by atoms with Crippen molar-refractivity contribution in [3.05, 3.63) is 48.3 Å². The lowest BCUT2D eigenvalue weighted by molar-refractivity contribution is 0.284. The molecule has 3 nitrogen and oxygen atoms in total. The van der Waals surface area contributed by atoms with E-state index in [2.05, 4.69) is 16.4 Å². The van der Waals surface area contributed by atoms with Crippen LogP contribution in [0.15, 0.2) is 42.6 Å². The lowest BCUT2D eigenvalue weighted by Gasteiger charge is -2.26. The summed E-state index contributed by atoms with van der Waals surface area (Å²) in [4.78, 5) is 3.20. The van der Waals surface area contributed by atoms with Gasteiger partial charge in [-0.2, -0.15) is 0 Å². The van der Waals surface area contributed by atoms with Crippen LogP contribution in [0.4, 0.5) is 5.69 Å². The summed E-state index contributed by atoms with van der Waals surface area (Å²) in [6, 6.07) is 12.3. The van der Waals surface area contributed by atoms with Gasteiger partial charge in [0, 0.05) is 11.9 Å². The maximum absolute atomic E-state index is 5.68. The molecule has 3 heteroatoms. The molecule has 1 aromatic carbocycles. The topological polar surface area (TPSA) is 37.0 Å². The Balaban J connectivity index is 1.89. The third kappa shape index (κ3) is 1.46. The van der Waals surface area contributed by atoms with Crippen molar-refractivity contribution in [2.75, 3.05) is 11.9 Å². The van der Waals surface area contributed by atoms with E-state index in [1.165, 1.54) is 0 Å². The van der Waals surface area contributed by atoms with E-state index in [1.807, 2.05) is 36.5 Å². The zero-order valence-electron chi connectivity index (χ0n) is 8.23. The molecule has 2 N–H and O–H groups in total. The monoisotopic (exact) mass is 200 g/mol. The van der Waals surface area contributed by atoms with Crippen LogP contribution in [0.3, 0.4) is 0 Å². The third-order valence-corrected chi connectivity index (χ3v) is 2.62. The summed E-state index contributed by atoms with van der Waals surface area (Å²) in [5, 5.41) is 3.44. The molecule has 0 spiro atoms. The predicted octanol–water partition coefficient (Wildman–Crippen LogP) is 2.56. The van der Waals surface area contributed by atoms with E-state index >= 15 is 0 Å². The van der Waals surface area contributed by atoms with Gasteiger partial charge in [-0.25, -0.2) is 0 Å². The molecular weight excluding hydrogens is 188 g/mol. The van der Waals surface area contributed by atoms with Crippen molar-refractivity contribution in [3.63, 3.8) is 0 Å². The van der Waals surface area contributed by atoms with Gasteiger partial charge in [0.05, 0.1) is 5.69 Å². The fourth-order valence-electron chi connectivity index (χ4n) is 1.84. The minimum Gasteiger partial charge on any atom is -0.489 e. The molecule has 0 radical (unpaired) electrons. The minimum absolute atomic E-state index is 0.217. The van der Waals surface area contributed by atoms with Crippen molar-refractivity contribution in [3.8, 4) is 5.75 Å². The van der Waals surface area contributed by atoms with E-state index in [4.69, 9.17) is 4.74 Å². The molecule has 0 saturated heterocycles. The number of benzene rings is 1. The van der Waals surface area contributed by atoms with Gasteiger partial charge in [0.2, 0.25) is 0 Å². The Labute approximate surface area is 88.1 Å². The molecule has 0 amide bonds. The summed E-state index contributed by atoms with van der Waals surface area (Å²) in [5.74, 6) is 0.931. The van der Waals surface area contributed by atoms with E-state index < -0.39 is 0 Å². The fourth-order valence-corrected chi connectivity index (χ4v) is 1.84. The largest absolute Gasteiger partial charge is 0.489 e. The van der Waals surface area contributed by atoms with Crippen LogP contribution in [0, 0.1) is 0 Å². The molecule has 2 aromatic rings. The first-order valence-corrected chi connectivity index (χ1v) is 5.05. The number of anilines is 1. The van der Waals surface area contributed by atoms with E-state index in [0.29, 0.717) is 6.61 Å². The van der Waals surface area contributed by atoms with Crippen molar-refractivity contribution in [1.82, 2.24) is 4.98 Å². The number of ether oxygens (including phenoxy) is 1. The van der Waals surface area contributed by atoms with Gasteiger partial charge in [0.25, 0.3) is 0 Å². The highest BCUT2D eigenvalue weighted by Crippen LogP contribution is 2.32. The fraction of sp³-hybridized carbons (Fsp3) is 0.167. The van der Waals surface area contributed by atoms with Gasteiger partial charge in [-0.05, 0) is 24.3 Å². The number of aromatic nitrogens is 1. The van der Waals surface area contributed by atoms with Gasteiger partial charge in [0.15, 0.2) is 0 Å². The highest BCUT2D eigenvalue weighted by atomic mass is 16.5. The first-order valence-electron chi connectivity index (χ1n) is 5.05. The van der Waals surface area contributed by atoms with Gasteiger partial charge in [0.1, 0.15) is 18.4 Å². The number of H-pyrrole nitrogens is 1. The highest BCUT2D eigenvalue weighted by Gasteiger charge is 2.19. The molecule has 15 heavy (non-hydrogen) atoms. The highest BCUT2D eigenvalue weighted by molar-refractivity contribution is 5.58. The molecule has 76 valence electrons. The van der Waals surface area contributed by atoms with E-state index in [-0.39, 0.29) is 6.04 Å². The van der Waals surface area contributed by atoms with Crippen LogP contribution < -0.4 is 10.1 Å². The van der Waals surface area contributed by atoms with Crippen LogP contribution in [0.2, 0.25) is 0 Å². The Morgan fingerprint density at radius 2 is 2.07 bits per heavy atom. The zero-order valence-corrected chi connectivity index (χ0v) is 8.23. The molecule has 1 aliphatic rings. The second-order valence-electron chi connectivity index (χ2n) is 3.63. The summed E-state index contributed by atoms with van der Waals surface area (Å²) in [5.41, 5.74) is 2.22. The zero-order chi connectivity index (χ0) is 10.1. The quantitative estimate of drug-likeness (QED) is 0.742. The van der Waals surface area contributed by atoms with Gasteiger partial charge in [-0.3, -0.25) is 0 Å². The maximum atomic E-state index is 5.68. The van der Waals surface area contributed by atoms with Crippen molar-refractivity contribution in [2.24, 2.45) is 0 Å². The number of aromatic amines is 1. The summed E-state index contributed by atoms with van der Waals surface area (Å²) in [7, 11) is 0. The Hall–Kier alpha value is -1.90. The average Bonchev–Trinajstić information content (AvgIpc) is 2.82. The second-order valence-corrected chi connectivity index (χ2v) is 3.63. The SMILES string of the molecule is c1c[nH]c(C2COc3ccccc3N2)c1. The van der Waals surface area contributed by atoms with Gasteiger partial charge in [-0.1, -0.05) is 12.1 Å². The lowest BCUT2D eigenvalue weighted by Crippen LogP contribution is -2.24. The summed E-state index contributed by atoms with van der Waals surface area (Å²) >= 11 is 0. The Morgan fingerprint density at radius 3 is 2.93 bits per heavy atom. The smallest absolute Gasteiger partial charge is 0.142 e. The number of hydrogen-bond acceptors (Lipinski definition) is 2. The summed E-state index contributed by atoms with van der Waals surface area (Å²) in [6.07, 6.45) is 1.93. The van der Waals surface area contributed by atoms with Crippen molar-refractivity contribution in [2.45, 2.75) is 6.04 Å². The Bertz CT molecular complexity index is 450. The third-order valence-electron chi connectivity index (χ3n) is 2.62. The van der Waals surface area contributed by atoms with E-state index in [0.717, 1.165) is 17.1 Å². The Morgan fingerprint density at radius 1 is 1.13 bits per heavy atom. The molecular formula is C12H12N2O. The number of hydrogen-bond donors (Lipinski definition) is 2. The van der Waals surface area contributed by atoms with E-state index in [1.54, 1.807) is 0 Å². The Kier molecular flexibility index (Phi) is 1.88. The number of rotatable bonds is 1. The predicted molar refractivity (Wildman–Crippen MR) is 59.1 cm³/mol.